The van der Waals surface area contributed by atoms with E-state index in [0.717, 1.165) is 48.7 Å². The fraction of sp³-hybridized carbons (Fsp3) is 0.258. The van der Waals surface area contributed by atoms with Crippen molar-refractivity contribution in [2.75, 3.05) is 30.3 Å². The summed E-state index contributed by atoms with van der Waals surface area (Å²) in [4.78, 5) is 16.4. The number of nitrogens with zero attached hydrogens (tertiary/aromatic N) is 5. The largest absolute Gasteiger partial charge is 0.385 e. The molecule has 1 saturated heterocycles. The van der Waals surface area contributed by atoms with E-state index in [1.807, 2.05) is 35.2 Å². The van der Waals surface area contributed by atoms with E-state index in [9.17, 15) is 0 Å². The number of likely N-dealkylation sites (tertiary alicyclic amines) is 1. The highest BCUT2D eigenvalue weighted by Gasteiger charge is 2.22. The van der Waals surface area contributed by atoms with Crippen LogP contribution in [-0.2, 0) is 6.54 Å². The van der Waals surface area contributed by atoms with Gasteiger partial charge in [0.25, 0.3) is 0 Å². The number of rotatable bonds is 9. The van der Waals surface area contributed by atoms with Crippen LogP contribution < -0.4 is 10.6 Å². The molecule has 3 aromatic carbocycles. The Bertz CT molecular complexity index is 1480. The predicted molar refractivity (Wildman–Crippen MR) is 153 cm³/mol. The fourth-order valence-electron chi connectivity index (χ4n) is 5.20. The molecule has 1 aliphatic rings. The first-order valence-corrected chi connectivity index (χ1v) is 13.3. The maximum Gasteiger partial charge on any atom is 0.225 e. The van der Waals surface area contributed by atoms with Gasteiger partial charge in [-0.05, 0) is 61.2 Å². The molecule has 0 amide bonds. The average Bonchev–Trinajstić information content (AvgIpc) is 3.59. The molecular formula is C31H33N7. The molecule has 3 heterocycles. The van der Waals surface area contributed by atoms with Crippen LogP contribution in [0.25, 0.3) is 16.9 Å². The Balaban J connectivity index is 1.09. The van der Waals surface area contributed by atoms with E-state index < -0.39 is 0 Å². The van der Waals surface area contributed by atoms with E-state index in [-0.39, 0.29) is 6.04 Å². The van der Waals surface area contributed by atoms with Gasteiger partial charge in [-0.1, -0.05) is 60.7 Å². The van der Waals surface area contributed by atoms with Crippen molar-refractivity contribution in [3.8, 4) is 5.82 Å². The lowest BCUT2D eigenvalue weighted by Gasteiger charge is -2.17. The number of imidazole rings is 1. The summed E-state index contributed by atoms with van der Waals surface area (Å²) in [5, 5.41) is 7.06. The monoisotopic (exact) mass is 503 g/mol. The van der Waals surface area contributed by atoms with Gasteiger partial charge < -0.3 is 10.6 Å². The number of aromatic nitrogens is 4. The number of benzene rings is 3. The Morgan fingerprint density at radius 2 is 1.76 bits per heavy atom. The van der Waals surface area contributed by atoms with Crippen molar-refractivity contribution in [1.82, 2.24) is 24.4 Å². The van der Waals surface area contributed by atoms with Crippen LogP contribution in [0.15, 0.2) is 97.5 Å². The average molecular weight is 504 g/mol. The normalized spacial score (nSPS) is 16.5. The molecule has 2 unspecified atom stereocenters. The summed E-state index contributed by atoms with van der Waals surface area (Å²) in [5.41, 5.74) is 5.64. The van der Waals surface area contributed by atoms with Crippen LogP contribution in [0.1, 0.15) is 30.5 Å². The van der Waals surface area contributed by atoms with Crippen LogP contribution in [0.3, 0.4) is 0 Å². The van der Waals surface area contributed by atoms with Gasteiger partial charge in [0.05, 0.1) is 17.1 Å². The quantitative estimate of drug-likeness (QED) is 0.260. The zero-order chi connectivity index (χ0) is 25.7. The molecule has 7 heteroatoms. The van der Waals surface area contributed by atoms with Crippen molar-refractivity contribution < 1.29 is 0 Å². The molecule has 6 rings (SSSR count). The second-order valence-corrected chi connectivity index (χ2v) is 10.1. The lowest BCUT2D eigenvalue weighted by molar-refractivity contribution is 0.319. The summed E-state index contributed by atoms with van der Waals surface area (Å²) >= 11 is 0. The van der Waals surface area contributed by atoms with Crippen LogP contribution in [0, 0.1) is 5.92 Å². The van der Waals surface area contributed by atoms with Crippen molar-refractivity contribution >= 4 is 22.7 Å². The van der Waals surface area contributed by atoms with E-state index in [1.165, 1.54) is 17.5 Å². The first kappa shape index (κ1) is 24.1. The van der Waals surface area contributed by atoms with E-state index in [0.29, 0.717) is 11.9 Å². The van der Waals surface area contributed by atoms with Crippen molar-refractivity contribution in [2.24, 2.45) is 5.92 Å². The first-order chi connectivity index (χ1) is 18.7. The molecule has 2 N–H and O–H groups in total. The van der Waals surface area contributed by atoms with Gasteiger partial charge in [-0.3, -0.25) is 9.47 Å². The molecule has 1 fully saturated rings. The minimum atomic E-state index is 0.102. The topological polar surface area (TPSA) is 70.9 Å². The predicted octanol–water partition coefficient (Wildman–Crippen LogP) is 5.92. The zero-order valence-electron chi connectivity index (χ0n) is 21.7. The first-order valence-electron chi connectivity index (χ1n) is 13.3. The van der Waals surface area contributed by atoms with Gasteiger partial charge in [0, 0.05) is 31.5 Å². The molecule has 5 aromatic rings. The molecule has 0 bridgehead atoms. The third kappa shape index (κ3) is 5.53. The van der Waals surface area contributed by atoms with Crippen LogP contribution in [0.5, 0.6) is 0 Å². The standard InChI is InChI=1S/C31H33N7/c1-23(26-10-6-3-7-11-26)35-31-32-16-14-30(36-31)38-22-34-28-18-27(12-13-29(28)38)33-19-25-15-17-37(21-25)20-24-8-4-2-5-9-24/h2-14,16,18,22-23,25,33H,15,17,19-21H2,1H3,(H,32,35,36). The smallest absolute Gasteiger partial charge is 0.225 e. The fourth-order valence-corrected chi connectivity index (χ4v) is 5.20. The third-order valence-electron chi connectivity index (χ3n) is 7.29. The summed E-state index contributed by atoms with van der Waals surface area (Å²) in [6, 6.07) is 29.4. The van der Waals surface area contributed by atoms with Crippen molar-refractivity contribution in [2.45, 2.75) is 25.9 Å². The van der Waals surface area contributed by atoms with Gasteiger partial charge in [0.2, 0.25) is 5.95 Å². The molecule has 2 aromatic heterocycles. The minimum absolute atomic E-state index is 0.102. The number of anilines is 2. The molecule has 0 radical (unpaired) electrons. The van der Waals surface area contributed by atoms with Crippen LogP contribution >= 0.6 is 0 Å². The van der Waals surface area contributed by atoms with Crippen molar-refractivity contribution in [3.63, 3.8) is 0 Å². The molecule has 0 spiro atoms. The zero-order valence-corrected chi connectivity index (χ0v) is 21.7. The molecule has 1 aliphatic heterocycles. The van der Waals surface area contributed by atoms with Crippen LogP contribution in [0.4, 0.5) is 11.6 Å². The highest BCUT2D eigenvalue weighted by molar-refractivity contribution is 5.81. The van der Waals surface area contributed by atoms with Crippen molar-refractivity contribution in [3.05, 3.63) is 109 Å². The molecule has 2 atom stereocenters. The molecule has 38 heavy (non-hydrogen) atoms. The number of hydrogen-bond donors (Lipinski definition) is 2. The van der Waals surface area contributed by atoms with E-state index in [1.54, 1.807) is 6.20 Å². The van der Waals surface area contributed by atoms with Crippen LogP contribution in [0.2, 0.25) is 0 Å². The SMILES string of the molecule is CC(Nc1nccc(-n2cnc3cc(NCC4CCN(Cc5ccccc5)C4)ccc32)n1)c1ccccc1. The van der Waals surface area contributed by atoms with Gasteiger partial charge in [0.1, 0.15) is 12.1 Å². The number of nitrogens with one attached hydrogen (secondary N) is 2. The second-order valence-electron chi connectivity index (χ2n) is 10.1. The highest BCUT2D eigenvalue weighted by atomic mass is 15.2. The van der Waals surface area contributed by atoms with Crippen molar-refractivity contribution in [1.29, 1.82) is 0 Å². The third-order valence-corrected chi connectivity index (χ3v) is 7.29. The summed E-state index contributed by atoms with van der Waals surface area (Å²) < 4.78 is 2.01. The Kier molecular flexibility index (Phi) is 7.00. The maximum atomic E-state index is 4.76. The second kappa shape index (κ2) is 11.0. The maximum absolute atomic E-state index is 4.76. The summed E-state index contributed by atoms with van der Waals surface area (Å²) in [5.74, 6) is 2.03. The van der Waals surface area contributed by atoms with E-state index in [4.69, 9.17) is 4.98 Å². The Morgan fingerprint density at radius 3 is 2.61 bits per heavy atom. The lowest BCUT2D eigenvalue weighted by Crippen LogP contribution is -2.22. The summed E-state index contributed by atoms with van der Waals surface area (Å²) in [6.45, 7) is 6.40. The van der Waals surface area contributed by atoms with Gasteiger partial charge in [-0.2, -0.15) is 4.98 Å². The van der Waals surface area contributed by atoms with Gasteiger partial charge in [0.15, 0.2) is 0 Å². The van der Waals surface area contributed by atoms with E-state index in [2.05, 4.69) is 93.1 Å². The Labute approximate surface area is 223 Å². The molecular weight excluding hydrogens is 470 g/mol. The van der Waals surface area contributed by atoms with Gasteiger partial charge >= 0.3 is 0 Å². The van der Waals surface area contributed by atoms with Gasteiger partial charge in [-0.15, -0.1) is 0 Å². The van der Waals surface area contributed by atoms with E-state index >= 15 is 0 Å². The van der Waals surface area contributed by atoms with Gasteiger partial charge in [-0.25, -0.2) is 9.97 Å². The Hall–Kier alpha value is -4.23. The summed E-state index contributed by atoms with van der Waals surface area (Å²) in [6.07, 6.45) is 4.84. The lowest BCUT2D eigenvalue weighted by atomic mass is 10.1. The molecule has 192 valence electrons. The Morgan fingerprint density at radius 1 is 0.947 bits per heavy atom. The molecule has 7 nitrogen and oxygen atoms in total. The van der Waals surface area contributed by atoms with Crippen LogP contribution in [-0.4, -0.2) is 44.1 Å². The number of fused-ring (bicyclic) bond motifs is 1. The minimum Gasteiger partial charge on any atom is -0.385 e. The summed E-state index contributed by atoms with van der Waals surface area (Å²) in [7, 11) is 0. The number of hydrogen-bond acceptors (Lipinski definition) is 6. The molecule has 0 saturated carbocycles. The highest BCUT2D eigenvalue weighted by Crippen LogP contribution is 2.24. The molecule has 0 aliphatic carbocycles.